The molecule has 1 fully saturated rings. The van der Waals surface area contributed by atoms with E-state index in [4.69, 9.17) is 4.74 Å². The minimum absolute atomic E-state index is 0.0513. The largest absolute Gasteiger partial charge is 0.503 e. The number of allylic oxidation sites excluding steroid dienone is 6. The Labute approximate surface area is 242 Å². The van der Waals surface area contributed by atoms with Gasteiger partial charge in [0.1, 0.15) is 0 Å². The minimum Gasteiger partial charge on any atom is -0.503 e. The van der Waals surface area contributed by atoms with Crippen LogP contribution in [-0.4, -0.2) is 46.7 Å². The highest BCUT2D eigenvalue weighted by atomic mass is 79.9. The number of ketones is 2. The van der Waals surface area contributed by atoms with Gasteiger partial charge in [-0.2, -0.15) is 0 Å². The van der Waals surface area contributed by atoms with Crippen LogP contribution in [0.4, 0.5) is 5.69 Å². The molecule has 2 aromatic carbocycles. The summed E-state index contributed by atoms with van der Waals surface area (Å²) in [5, 5.41) is 19.9. The number of ether oxygens (including phenoxy) is 1. The van der Waals surface area contributed by atoms with Gasteiger partial charge in [-0.15, -0.1) is 0 Å². The van der Waals surface area contributed by atoms with Crippen LogP contribution in [-0.2, 0) is 19.2 Å². The van der Waals surface area contributed by atoms with Gasteiger partial charge in [0, 0.05) is 22.6 Å². The molecule has 1 aliphatic heterocycles. The number of halogens is 1. The first-order chi connectivity index (χ1) is 19.5. The van der Waals surface area contributed by atoms with Gasteiger partial charge >= 0.3 is 5.97 Å². The number of carbonyl (C=O) groups is 5. The number of aromatic carboxylic acids is 1. The Morgan fingerprint density at radius 2 is 1.83 bits per heavy atom. The van der Waals surface area contributed by atoms with E-state index in [1.165, 1.54) is 37.5 Å². The fraction of sp³-hybridized carbons (Fsp3) is 0.258. The molecule has 2 aromatic rings. The molecule has 2 N–H and O–H groups in total. The van der Waals surface area contributed by atoms with E-state index in [0.29, 0.717) is 26.8 Å². The fourth-order valence-corrected chi connectivity index (χ4v) is 7.15. The molecular weight excluding hydrogens is 594 g/mol. The summed E-state index contributed by atoms with van der Waals surface area (Å²) in [6.45, 7) is 1.59. The molecule has 0 spiro atoms. The highest BCUT2D eigenvalue weighted by Crippen LogP contribution is 2.56. The van der Waals surface area contributed by atoms with Gasteiger partial charge in [0.2, 0.25) is 11.8 Å². The molecule has 41 heavy (non-hydrogen) atoms. The molecule has 0 bridgehead atoms. The average Bonchev–Trinajstić information content (AvgIpc) is 3.21. The van der Waals surface area contributed by atoms with Crippen LogP contribution in [0.25, 0.3) is 0 Å². The maximum atomic E-state index is 14.0. The lowest BCUT2D eigenvalue weighted by Crippen LogP contribution is -2.39. The van der Waals surface area contributed by atoms with Gasteiger partial charge in [0.25, 0.3) is 0 Å². The van der Waals surface area contributed by atoms with Crippen LogP contribution in [0.5, 0.6) is 11.5 Å². The maximum absolute atomic E-state index is 14.0. The number of amides is 2. The molecule has 10 heteroatoms. The van der Waals surface area contributed by atoms with Crippen LogP contribution < -0.4 is 9.64 Å². The van der Waals surface area contributed by atoms with Gasteiger partial charge in [-0.05, 0) is 83.6 Å². The number of nitrogens with zero attached hydrogens (tertiary/aromatic N) is 1. The van der Waals surface area contributed by atoms with Crippen molar-refractivity contribution >= 4 is 51.0 Å². The Hall–Kier alpha value is -4.31. The Bertz CT molecular complexity index is 1700. The van der Waals surface area contributed by atoms with Crippen molar-refractivity contribution in [3.8, 4) is 11.5 Å². The molecule has 0 aromatic heterocycles. The first-order valence-corrected chi connectivity index (χ1v) is 13.8. The van der Waals surface area contributed by atoms with Crippen LogP contribution in [0.3, 0.4) is 0 Å². The fourth-order valence-electron chi connectivity index (χ4n) is 6.69. The van der Waals surface area contributed by atoms with Gasteiger partial charge in [-0.1, -0.05) is 17.7 Å². The lowest BCUT2D eigenvalue weighted by Gasteiger charge is -2.42. The van der Waals surface area contributed by atoms with Crippen molar-refractivity contribution in [1.82, 2.24) is 0 Å². The molecule has 0 saturated carbocycles. The number of aromatic hydroxyl groups is 1. The number of carboxylic acid groups (broad SMARTS) is 1. The number of phenolic OH excluding ortho intramolecular Hbond substituents is 1. The van der Waals surface area contributed by atoms with Crippen LogP contribution in [0.15, 0.2) is 75.3 Å². The lowest BCUT2D eigenvalue weighted by molar-refractivity contribution is -0.123. The summed E-state index contributed by atoms with van der Waals surface area (Å²) in [7, 11) is 1.41. The topological polar surface area (TPSA) is 138 Å². The summed E-state index contributed by atoms with van der Waals surface area (Å²) in [4.78, 5) is 67.1. The van der Waals surface area contributed by atoms with Crippen molar-refractivity contribution in [2.45, 2.75) is 25.7 Å². The molecule has 208 valence electrons. The number of methoxy groups -OCH3 is 1. The molecule has 4 atom stereocenters. The number of rotatable bonds is 4. The Balaban J connectivity index is 1.49. The van der Waals surface area contributed by atoms with Gasteiger partial charge < -0.3 is 14.9 Å². The number of Topliss-reactive ketones (excluding diaryl/α,β-unsaturated/α-hetero) is 1. The summed E-state index contributed by atoms with van der Waals surface area (Å²) in [5.41, 5.74) is 2.42. The normalized spacial score (nSPS) is 25.4. The Morgan fingerprint density at radius 3 is 2.54 bits per heavy atom. The number of benzene rings is 2. The van der Waals surface area contributed by atoms with E-state index >= 15 is 0 Å². The zero-order valence-electron chi connectivity index (χ0n) is 22.0. The van der Waals surface area contributed by atoms with Crippen molar-refractivity contribution in [3.63, 3.8) is 0 Å². The summed E-state index contributed by atoms with van der Waals surface area (Å²) >= 11 is 3.36. The van der Waals surface area contributed by atoms with Crippen molar-refractivity contribution in [2.24, 2.45) is 17.8 Å². The monoisotopic (exact) mass is 617 g/mol. The van der Waals surface area contributed by atoms with Gasteiger partial charge in [0.15, 0.2) is 23.1 Å². The molecule has 4 aliphatic rings. The quantitative estimate of drug-likeness (QED) is 0.291. The zero-order chi connectivity index (χ0) is 29.3. The molecule has 3 aliphatic carbocycles. The first kappa shape index (κ1) is 26.9. The SMILES string of the molecule is COc1cc([C@H]2C3=CC[C@@H]4C(=O)N(c5cccc(C(=O)O)c5)C(=O)[C@@H]4[C@@H]3CC3=C2C(=O)C(C)=CC3=O)cc(Br)c1O. The van der Waals surface area contributed by atoms with E-state index in [9.17, 15) is 34.2 Å². The number of carboxylic acids is 1. The summed E-state index contributed by atoms with van der Waals surface area (Å²) in [6.07, 6.45) is 3.56. The lowest BCUT2D eigenvalue weighted by atomic mass is 9.59. The second kappa shape index (κ2) is 9.66. The second-order valence-electron chi connectivity index (χ2n) is 10.6. The van der Waals surface area contributed by atoms with E-state index in [1.54, 1.807) is 19.1 Å². The van der Waals surface area contributed by atoms with Crippen LogP contribution in [0.2, 0.25) is 0 Å². The number of fused-ring (bicyclic) bond motifs is 3. The zero-order valence-corrected chi connectivity index (χ0v) is 23.6. The smallest absolute Gasteiger partial charge is 0.335 e. The van der Waals surface area contributed by atoms with Crippen molar-refractivity contribution in [3.05, 3.63) is 86.4 Å². The van der Waals surface area contributed by atoms with Crippen LogP contribution in [0, 0.1) is 17.8 Å². The molecular formula is C31H24BrNO8. The Morgan fingerprint density at radius 1 is 1.07 bits per heavy atom. The summed E-state index contributed by atoms with van der Waals surface area (Å²) in [5.74, 6) is -5.35. The van der Waals surface area contributed by atoms with Crippen molar-refractivity contribution in [1.29, 1.82) is 0 Å². The molecule has 2 amide bonds. The molecule has 6 rings (SSSR count). The van der Waals surface area contributed by atoms with E-state index in [1.807, 2.05) is 6.08 Å². The predicted octanol–water partition coefficient (Wildman–Crippen LogP) is 4.50. The number of phenols is 1. The number of imide groups is 1. The molecule has 1 saturated heterocycles. The summed E-state index contributed by atoms with van der Waals surface area (Å²) in [6, 6.07) is 8.96. The third kappa shape index (κ3) is 4.00. The second-order valence-corrected chi connectivity index (χ2v) is 11.5. The third-order valence-corrected chi connectivity index (χ3v) is 9.12. The highest BCUT2D eigenvalue weighted by Gasteiger charge is 2.56. The highest BCUT2D eigenvalue weighted by molar-refractivity contribution is 9.10. The maximum Gasteiger partial charge on any atom is 0.335 e. The summed E-state index contributed by atoms with van der Waals surface area (Å²) < 4.78 is 5.70. The van der Waals surface area contributed by atoms with E-state index in [2.05, 4.69) is 15.9 Å². The number of hydrogen-bond donors (Lipinski definition) is 2. The van der Waals surface area contributed by atoms with E-state index < -0.39 is 41.5 Å². The molecule has 9 nitrogen and oxygen atoms in total. The standard InChI is InChI=1S/C31H24BrNO8/c1-13-8-22(34)20-12-19-17(24(26(20)27(13)35)15-10-21(32)28(36)23(11-15)41-2)6-7-18-25(19)30(38)33(29(18)37)16-5-3-4-14(9-16)31(39)40/h3-6,8-11,18-19,24-25,36H,7,12H2,1-2H3,(H,39,40)/t18-,19+,24-,25-/m0/s1. The van der Waals surface area contributed by atoms with Gasteiger partial charge in [0.05, 0.1) is 34.7 Å². The molecule has 0 unspecified atom stereocenters. The van der Waals surface area contributed by atoms with Crippen LogP contribution in [0.1, 0.15) is 41.6 Å². The third-order valence-electron chi connectivity index (χ3n) is 8.52. The van der Waals surface area contributed by atoms with Crippen molar-refractivity contribution < 1.29 is 38.9 Å². The molecule has 1 heterocycles. The molecule has 0 radical (unpaired) electrons. The first-order valence-electron chi connectivity index (χ1n) is 13.0. The average molecular weight is 618 g/mol. The van der Waals surface area contributed by atoms with E-state index in [-0.39, 0.29) is 47.2 Å². The number of hydrogen-bond acceptors (Lipinski definition) is 7. The number of carbonyl (C=O) groups excluding carboxylic acids is 4. The van der Waals surface area contributed by atoms with E-state index in [0.717, 1.165) is 10.5 Å². The number of anilines is 1. The van der Waals surface area contributed by atoms with Gasteiger partial charge in [-0.25, -0.2) is 4.79 Å². The predicted molar refractivity (Wildman–Crippen MR) is 150 cm³/mol. The minimum atomic E-state index is -1.18. The van der Waals surface area contributed by atoms with Crippen LogP contribution >= 0.6 is 15.9 Å². The van der Waals surface area contributed by atoms with Gasteiger partial charge in [-0.3, -0.25) is 24.1 Å². The van der Waals surface area contributed by atoms with Crippen molar-refractivity contribution in [2.75, 3.05) is 12.0 Å². The Kier molecular flexibility index (Phi) is 6.33.